The maximum atomic E-state index is 13.0. The van der Waals surface area contributed by atoms with Gasteiger partial charge in [0.05, 0.1) is 16.6 Å². The summed E-state index contributed by atoms with van der Waals surface area (Å²) in [5.41, 5.74) is 1.03. The van der Waals surface area contributed by atoms with Gasteiger partial charge in [0.1, 0.15) is 5.01 Å². The van der Waals surface area contributed by atoms with E-state index in [0.717, 1.165) is 12.8 Å². The normalized spacial score (nSPS) is 17.1. The van der Waals surface area contributed by atoms with Gasteiger partial charge in [-0.1, -0.05) is 35.1 Å². The molecule has 1 atom stereocenters. The van der Waals surface area contributed by atoms with Gasteiger partial charge in [0, 0.05) is 18.3 Å². The molecule has 2 aromatic carbocycles. The number of hydrogen-bond donors (Lipinski definition) is 1. The Balaban J connectivity index is 1.32. The highest BCUT2D eigenvalue weighted by atomic mass is 35.5. The van der Waals surface area contributed by atoms with Crippen molar-refractivity contribution in [1.29, 1.82) is 0 Å². The van der Waals surface area contributed by atoms with Crippen LogP contribution in [0, 0.1) is 0 Å². The van der Waals surface area contributed by atoms with Gasteiger partial charge in [-0.05, 0) is 37.1 Å². The number of carbonyl (C=O) groups is 2. The van der Waals surface area contributed by atoms with E-state index in [1.165, 1.54) is 11.3 Å². The van der Waals surface area contributed by atoms with Crippen LogP contribution < -0.4 is 14.8 Å². The standard InChI is InChI=1S/C21H17ClN4O4S/c22-14-5-2-1-4-13(14)21(28)26-9-3-6-15(26)19-24-25-20(31-19)18(27)23-12-7-8-16-17(10-12)30-11-29-16/h1-2,4-5,7-8,10,15H,3,6,9,11H2,(H,23,27)/t15-/m0/s1. The van der Waals surface area contributed by atoms with Crippen molar-refractivity contribution in [3.05, 3.63) is 63.1 Å². The van der Waals surface area contributed by atoms with Crippen LogP contribution in [0.4, 0.5) is 5.69 Å². The van der Waals surface area contributed by atoms with E-state index in [4.69, 9.17) is 21.1 Å². The van der Waals surface area contributed by atoms with Gasteiger partial charge < -0.3 is 19.7 Å². The highest BCUT2D eigenvalue weighted by molar-refractivity contribution is 7.13. The zero-order chi connectivity index (χ0) is 21.4. The number of hydrogen-bond acceptors (Lipinski definition) is 7. The topological polar surface area (TPSA) is 93.7 Å². The Morgan fingerprint density at radius 1 is 1.13 bits per heavy atom. The quantitative estimate of drug-likeness (QED) is 0.633. The average molecular weight is 457 g/mol. The number of rotatable bonds is 4. The molecule has 1 fully saturated rings. The van der Waals surface area contributed by atoms with Crippen LogP contribution in [-0.2, 0) is 0 Å². The summed E-state index contributed by atoms with van der Waals surface area (Å²) < 4.78 is 10.6. The Hall–Kier alpha value is -3.17. The van der Waals surface area contributed by atoms with Crippen LogP contribution in [0.25, 0.3) is 0 Å². The van der Waals surface area contributed by atoms with Crippen molar-refractivity contribution in [1.82, 2.24) is 15.1 Å². The van der Waals surface area contributed by atoms with Crippen molar-refractivity contribution in [3.63, 3.8) is 0 Å². The van der Waals surface area contributed by atoms with E-state index in [2.05, 4.69) is 15.5 Å². The van der Waals surface area contributed by atoms with Crippen LogP contribution in [0.5, 0.6) is 11.5 Å². The highest BCUT2D eigenvalue weighted by Crippen LogP contribution is 2.36. The van der Waals surface area contributed by atoms with E-state index in [-0.39, 0.29) is 29.7 Å². The molecule has 3 heterocycles. The molecular weight excluding hydrogens is 440 g/mol. The summed E-state index contributed by atoms with van der Waals surface area (Å²) >= 11 is 7.39. The largest absolute Gasteiger partial charge is 0.454 e. The minimum atomic E-state index is -0.371. The average Bonchev–Trinajstić information content (AvgIpc) is 3.52. The fourth-order valence-electron chi connectivity index (χ4n) is 3.68. The summed E-state index contributed by atoms with van der Waals surface area (Å²) in [4.78, 5) is 27.4. The Labute approximate surface area is 186 Å². The van der Waals surface area contributed by atoms with Crippen molar-refractivity contribution in [2.24, 2.45) is 0 Å². The van der Waals surface area contributed by atoms with E-state index in [9.17, 15) is 9.59 Å². The van der Waals surface area contributed by atoms with E-state index < -0.39 is 0 Å². The maximum absolute atomic E-state index is 13.0. The van der Waals surface area contributed by atoms with Crippen LogP contribution in [0.15, 0.2) is 42.5 Å². The second kappa shape index (κ2) is 8.16. The molecule has 0 radical (unpaired) electrons. The number of benzene rings is 2. The number of nitrogens with one attached hydrogen (secondary N) is 1. The van der Waals surface area contributed by atoms with Gasteiger partial charge in [-0.2, -0.15) is 0 Å². The summed E-state index contributed by atoms with van der Waals surface area (Å²) in [6.07, 6.45) is 1.60. The molecule has 0 bridgehead atoms. The number of ether oxygens (including phenoxy) is 2. The van der Waals surface area contributed by atoms with Gasteiger partial charge in [-0.3, -0.25) is 9.59 Å². The lowest BCUT2D eigenvalue weighted by atomic mass is 10.1. The number of nitrogens with zero attached hydrogens (tertiary/aromatic N) is 3. The Morgan fingerprint density at radius 2 is 1.97 bits per heavy atom. The van der Waals surface area contributed by atoms with Gasteiger partial charge >= 0.3 is 0 Å². The fourth-order valence-corrected chi connectivity index (χ4v) is 4.78. The van der Waals surface area contributed by atoms with Gasteiger partial charge in [0.15, 0.2) is 11.5 Å². The molecule has 3 aromatic rings. The maximum Gasteiger partial charge on any atom is 0.286 e. The first-order chi connectivity index (χ1) is 15.1. The molecule has 8 nitrogen and oxygen atoms in total. The van der Waals surface area contributed by atoms with Crippen LogP contribution in [0.3, 0.4) is 0 Å². The third kappa shape index (κ3) is 3.82. The molecule has 31 heavy (non-hydrogen) atoms. The van der Waals surface area contributed by atoms with E-state index in [1.807, 2.05) is 0 Å². The smallest absolute Gasteiger partial charge is 0.286 e. The van der Waals surface area contributed by atoms with Gasteiger partial charge in [0.25, 0.3) is 11.8 Å². The molecule has 10 heteroatoms. The third-order valence-corrected chi connectivity index (χ3v) is 6.52. The number of anilines is 1. The number of amides is 2. The molecule has 0 spiro atoms. The summed E-state index contributed by atoms with van der Waals surface area (Å²) in [6, 6.07) is 11.9. The zero-order valence-electron chi connectivity index (χ0n) is 16.2. The molecule has 5 rings (SSSR count). The van der Waals surface area contributed by atoms with Crippen molar-refractivity contribution in [2.45, 2.75) is 18.9 Å². The molecule has 2 aliphatic heterocycles. The minimum absolute atomic E-state index is 0.144. The molecule has 1 saturated heterocycles. The lowest BCUT2D eigenvalue weighted by Crippen LogP contribution is -2.30. The van der Waals surface area contributed by atoms with Gasteiger partial charge in [-0.25, -0.2) is 0 Å². The SMILES string of the molecule is O=C(Nc1ccc2c(c1)OCO2)c1nnc([C@@H]2CCCN2C(=O)c2ccccc2Cl)s1. The first-order valence-corrected chi connectivity index (χ1v) is 10.9. The Bertz CT molecular complexity index is 1170. The molecule has 158 valence electrons. The lowest BCUT2D eigenvalue weighted by molar-refractivity contribution is 0.0735. The van der Waals surface area contributed by atoms with Crippen molar-refractivity contribution in [2.75, 3.05) is 18.7 Å². The number of aromatic nitrogens is 2. The summed E-state index contributed by atoms with van der Waals surface area (Å²) in [5.74, 6) is 0.704. The number of carbonyl (C=O) groups excluding carboxylic acids is 2. The van der Waals surface area contributed by atoms with Crippen LogP contribution in [0.1, 0.15) is 44.1 Å². The van der Waals surface area contributed by atoms with E-state index >= 15 is 0 Å². The summed E-state index contributed by atoms with van der Waals surface area (Å²) in [6.45, 7) is 0.768. The molecule has 2 amide bonds. The third-order valence-electron chi connectivity index (χ3n) is 5.17. The Morgan fingerprint density at radius 3 is 2.84 bits per heavy atom. The number of halogens is 1. The zero-order valence-corrected chi connectivity index (χ0v) is 17.8. The predicted molar refractivity (Wildman–Crippen MR) is 115 cm³/mol. The van der Waals surface area contributed by atoms with E-state index in [1.54, 1.807) is 47.4 Å². The van der Waals surface area contributed by atoms with Crippen LogP contribution >= 0.6 is 22.9 Å². The lowest BCUT2D eigenvalue weighted by Gasteiger charge is -2.23. The summed E-state index contributed by atoms with van der Waals surface area (Å²) in [5, 5.41) is 12.3. The summed E-state index contributed by atoms with van der Waals surface area (Å²) in [7, 11) is 0. The molecule has 2 aliphatic rings. The van der Waals surface area contributed by atoms with Gasteiger partial charge in [-0.15, -0.1) is 10.2 Å². The number of fused-ring (bicyclic) bond motifs is 1. The van der Waals surface area contributed by atoms with Crippen molar-refractivity contribution < 1.29 is 19.1 Å². The molecule has 0 unspecified atom stereocenters. The highest BCUT2D eigenvalue weighted by Gasteiger charge is 2.34. The molecule has 0 saturated carbocycles. The molecule has 1 aromatic heterocycles. The second-order valence-electron chi connectivity index (χ2n) is 7.10. The second-order valence-corrected chi connectivity index (χ2v) is 8.52. The molecule has 0 aliphatic carbocycles. The molecule has 1 N–H and O–H groups in total. The van der Waals surface area contributed by atoms with Crippen molar-refractivity contribution >= 4 is 40.4 Å². The Kier molecular flexibility index (Phi) is 5.21. The minimum Gasteiger partial charge on any atom is -0.454 e. The van der Waals surface area contributed by atoms with Gasteiger partial charge in [0.2, 0.25) is 11.8 Å². The van der Waals surface area contributed by atoms with Crippen LogP contribution in [-0.4, -0.2) is 40.2 Å². The monoisotopic (exact) mass is 456 g/mol. The predicted octanol–water partition coefficient (Wildman–Crippen LogP) is 4.15. The number of likely N-dealkylation sites (tertiary alicyclic amines) is 1. The fraction of sp³-hybridized carbons (Fsp3) is 0.238. The first kappa shape index (κ1) is 19.8. The van der Waals surface area contributed by atoms with Crippen molar-refractivity contribution in [3.8, 4) is 11.5 Å². The van der Waals surface area contributed by atoms with E-state index in [0.29, 0.717) is 39.3 Å². The molecular formula is C21H17ClN4O4S. The first-order valence-electron chi connectivity index (χ1n) is 9.70. The van der Waals surface area contributed by atoms with Crippen LogP contribution in [0.2, 0.25) is 5.02 Å².